The molecule has 1 aliphatic carbocycles. The Balaban J connectivity index is 1.69. The molecule has 0 heterocycles. The lowest BCUT2D eigenvalue weighted by molar-refractivity contribution is -0.123. The van der Waals surface area contributed by atoms with Gasteiger partial charge < -0.3 is 15.2 Å². The quantitative estimate of drug-likeness (QED) is 0.835. The molecule has 4 nitrogen and oxygen atoms in total. The fourth-order valence-electron chi connectivity index (χ4n) is 2.55. The van der Waals surface area contributed by atoms with Crippen molar-refractivity contribution < 1.29 is 14.6 Å². The molecule has 1 saturated carbocycles. The molecular formula is C16H23NO3. The second kappa shape index (κ2) is 7.29. The molecule has 2 atom stereocenters. The third-order valence-electron chi connectivity index (χ3n) is 3.78. The van der Waals surface area contributed by atoms with Crippen molar-refractivity contribution in [3.8, 4) is 5.75 Å². The Kier molecular flexibility index (Phi) is 5.41. The Morgan fingerprint density at radius 1 is 1.45 bits per heavy atom. The molecule has 2 unspecified atom stereocenters. The third kappa shape index (κ3) is 4.53. The molecule has 1 amide bonds. The molecule has 0 aliphatic heterocycles. The van der Waals surface area contributed by atoms with Crippen LogP contribution in [0.25, 0.3) is 0 Å². The van der Waals surface area contributed by atoms with Crippen LogP contribution in [0.2, 0.25) is 0 Å². The highest BCUT2D eigenvalue weighted by Gasteiger charge is 2.22. The van der Waals surface area contributed by atoms with E-state index in [1.54, 1.807) is 0 Å². The van der Waals surface area contributed by atoms with Crippen molar-refractivity contribution in [3.63, 3.8) is 0 Å². The first-order chi connectivity index (χ1) is 9.67. The van der Waals surface area contributed by atoms with E-state index in [9.17, 15) is 9.90 Å². The molecule has 110 valence electrons. The van der Waals surface area contributed by atoms with Crippen molar-refractivity contribution in [1.29, 1.82) is 0 Å². The molecule has 2 rings (SSSR count). The second-order valence-corrected chi connectivity index (χ2v) is 5.43. The molecule has 20 heavy (non-hydrogen) atoms. The van der Waals surface area contributed by atoms with Crippen molar-refractivity contribution in [1.82, 2.24) is 5.32 Å². The summed E-state index contributed by atoms with van der Waals surface area (Å²) in [6.07, 6.45) is 3.39. The van der Waals surface area contributed by atoms with E-state index < -0.39 is 0 Å². The van der Waals surface area contributed by atoms with Gasteiger partial charge in [0.15, 0.2) is 6.61 Å². The molecule has 1 aromatic carbocycles. The molecule has 0 radical (unpaired) electrons. The monoisotopic (exact) mass is 277 g/mol. The zero-order chi connectivity index (χ0) is 14.4. The maximum absolute atomic E-state index is 11.7. The number of carbonyl (C=O) groups is 1. The largest absolute Gasteiger partial charge is 0.484 e. The first-order valence-corrected chi connectivity index (χ1v) is 7.34. The maximum Gasteiger partial charge on any atom is 0.257 e. The Morgan fingerprint density at radius 2 is 2.30 bits per heavy atom. The van der Waals surface area contributed by atoms with Gasteiger partial charge in [-0.3, -0.25) is 4.79 Å². The van der Waals surface area contributed by atoms with E-state index >= 15 is 0 Å². The minimum absolute atomic E-state index is 0.0441. The molecule has 1 aliphatic rings. The van der Waals surface area contributed by atoms with E-state index in [-0.39, 0.29) is 18.6 Å². The van der Waals surface area contributed by atoms with Crippen LogP contribution in [0.1, 0.15) is 31.7 Å². The normalized spacial score (nSPS) is 21.7. The van der Waals surface area contributed by atoms with E-state index in [4.69, 9.17) is 4.74 Å². The van der Waals surface area contributed by atoms with Gasteiger partial charge in [0.05, 0.1) is 6.10 Å². The number of aryl methyl sites for hydroxylation is 1. The zero-order valence-corrected chi connectivity index (χ0v) is 12.0. The van der Waals surface area contributed by atoms with E-state index in [1.807, 2.05) is 24.3 Å². The molecule has 1 aromatic rings. The summed E-state index contributed by atoms with van der Waals surface area (Å²) in [5.74, 6) is 1.03. The number of hydrogen-bond donors (Lipinski definition) is 2. The Hall–Kier alpha value is -1.55. The number of rotatable bonds is 6. The minimum Gasteiger partial charge on any atom is -0.484 e. The Bertz CT molecular complexity index is 447. The van der Waals surface area contributed by atoms with Gasteiger partial charge in [0.2, 0.25) is 0 Å². The van der Waals surface area contributed by atoms with Gasteiger partial charge in [-0.05, 0) is 49.3 Å². The Morgan fingerprint density at radius 3 is 3.00 bits per heavy atom. The van der Waals surface area contributed by atoms with Crippen molar-refractivity contribution in [2.24, 2.45) is 5.92 Å². The highest BCUT2D eigenvalue weighted by molar-refractivity contribution is 5.77. The second-order valence-electron chi connectivity index (χ2n) is 5.43. The van der Waals surface area contributed by atoms with E-state index in [0.29, 0.717) is 12.5 Å². The van der Waals surface area contributed by atoms with Crippen molar-refractivity contribution in [3.05, 3.63) is 29.8 Å². The van der Waals surface area contributed by atoms with Crippen LogP contribution >= 0.6 is 0 Å². The molecule has 0 bridgehead atoms. The first-order valence-electron chi connectivity index (χ1n) is 7.34. The van der Waals surface area contributed by atoms with E-state index in [0.717, 1.165) is 31.4 Å². The van der Waals surface area contributed by atoms with Crippen molar-refractivity contribution in [2.45, 2.75) is 38.7 Å². The van der Waals surface area contributed by atoms with Crippen LogP contribution in [0.5, 0.6) is 5.75 Å². The predicted octanol–water partition coefficient (Wildman–Crippen LogP) is 1.90. The summed E-state index contributed by atoms with van der Waals surface area (Å²) in [4.78, 5) is 11.7. The van der Waals surface area contributed by atoms with Crippen molar-refractivity contribution >= 4 is 5.91 Å². The number of benzene rings is 1. The standard InChI is InChI=1S/C16H23NO3/c1-2-12-4-3-5-15(9-12)20-11-16(19)17-10-13-6-7-14(18)8-13/h3-5,9,13-14,18H,2,6-8,10-11H2,1H3,(H,17,19). The third-order valence-corrected chi connectivity index (χ3v) is 3.78. The van der Waals surface area contributed by atoms with Crippen LogP contribution in [-0.2, 0) is 11.2 Å². The predicted molar refractivity (Wildman–Crippen MR) is 77.7 cm³/mol. The van der Waals surface area contributed by atoms with Crippen LogP contribution in [0.15, 0.2) is 24.3 Å². The molecule has 2 N–H and O–H groups in total. The molecule has 4 heteroatoms. The molecule has 1 fully saturated rings. The van der Waals surface area contributed by atoms with Gasteiger partial charge in [-0.25, -0.2) is 0 Å². The summed E-state index contributed by atoms with van der Waals surface area (Å²) in [5, 5.41) is 12.3. The lowest BCUT2D eigenvalue weighted by Gasteiger charge is -2.12. The number of amides is 1. The van der Waals surface area contributed by atoms with Gasteiger partial charge in [0.25, 0.3) is 5.91 Å². The summed E-state index contributed by atoms with van der Waals surface area (Å²) in [7, 11) is 0. The lowest BCUT2D eigenvalue weighted by atomic mass is 10.1. The van der Waals surface area contributed by atoms with Crippen LogP contribution < -0.4 is 10.1 Å². The number of aliphatic hydroxyl groups excluding tert-OH is 1. The summed E-state index contributed by atoms with van der Waals surface area (Å²) >= 11 is 0. The summed E-state index contributed by atoms with van der Waals surface area (Å²) in [6.45, 7) is 2.76. The SMILES string of the molecule is CCc1cccc(OCC(=O)NCC2CCC(O)C2)c1. The van der Waals surface area contributed by atoms with Gasteiger partial charge in [-0.2, -0.15) is 0 Å². The number of aliphatic hydroxyl groups is 1. The van der Waals surface area contributed by atoms with Crippen LogP contribution in [-0.4, -0.2) is 30.3 Å². The van der Waals surface area contributed by atoms with Gasteiger partial charge in [0, 0.05) is 6.54 Å². The smallest absolute Gasteiger partial charge is 0.257 e. The zero-order valence-electron chi connectivity index (χ0n) is 12.0. The van der Waals surface area contributed by atoms with Gasteiger partial charge in [-0.1, -0.05) is 19.1 Å². The number of nitrogens with one attached hydrogen (secondary N) is 1. The fraction of sp³-hybridized carbons (Fsp3) is 0.562. The van der Waals surface area contributed by atoms with Crippen LogP contribution in [0.4, 0.5) is 0 Å². The lowest BCUT2D eigenvalue weighted by Crippen LogP contribution is -2.32. The molecule has 0 spiro atoms. The average Bonchev–Trinajstić information content (AvgIpc) is 2.89. The minimum atomic E-state index is -0.190. The fourth-order valence-corrected chi connectivity index (χ4v) is 2.55. The van der Waals surface area contributed by atoms with E-state index in [2.05, 4.69) is 12.2 Å². The number of hydrogen-bond acceptors (Lipinski definition) is 3. The van der Waals surface area contributed by atoms with Gasteiger partial charge in [0.1, 0.15) is 5.75 Å². The summed E-state index contributed by atoms with van der Waals surface area (Å²) in [6, 6.07) is 7.80. The summed E-state index contributed by atoms with van der Waals surface area (Å²) in [5.41, 5.74) is 1.20. The highest BCUT2D eigenvalue weighted by atomic mass is 16.5. The number of ether oxygens (including phenoxy) is 1. The van der Waals surface area contributed by atoms with Crippen LogP contribution in [0.3, 0.4) is 0 Å². The molecular weight excluding hydrogens is 254 g/mol. The van der Waals surface area contributed by atoms with Gasteiger partial charge >= 0.3 is 0 Å². The molecule has 0 aromatic heterocycles. The average molecular weight is 277 g/mol. The van der Waals surface area contributed by atoms with Crippen LogP contribution in [0, 0.1) is 5.92 Å². The van der Waals surface area contributed by atoms with Gasteiger partial charge in [-0.15, -0.1) is 0 Å². The van der Waals surface area contributed by atoms with E-state index in [1.165, 1.54) is 5.56 Å². The highest BCUT2D eigenvalue weighted by Crippen LogP contribution is 2.24. The maximum atomic E-state index is 11.7. The Labute approximate surface area is 120 Å². The first kappa shape index (κ1) is 14.9. The molecule has 0 saturated heterocycles. The number of carbonyl (C=O) groups excluding carboxylic acids is 1. The summed E-state index contributed by atoms with van der Waals surface area (Å²) < 4.78 is 5.49. The topological polar surface area (TPSA) is 58.6 Å². The van der Waals surface area contributed by atoms with Crippen molar-refractivity contribution in [2.75, 3.05) is 13.2 Å².